The molecule has 3 nitrogen and oxygen atoms in total. The number of aliphatic hydroxyl groups is 1. The monoisotopic (exact) mass is 222 g/mol. The van der Waals surface area contributed by atoms with Crippen LogP contribution in [-0.4, -0.2) is 10.9 Å². The molecule has 0 bridgehead atoms. The quantitative estimate of drug-likeness (QED) is 0.835. The summed E-state index contributed by atoms with van der Waals surface area (Å²) in [6.07, 6.45) is 0.948. The van der Waals surface area contributed by atoms with Crippen molar-refractivity contribution in [1.82, 2.24) is 0 Å². The smallest absolute Gasteiger partial charge is 0.205 e. The third-order valence-electron chi connectivity index (χ3n) is 2.80. The molecule has 0 amide bonds. The van der Waals surface area contributed by atoms with Crippen molar-refractivity contribution in [3.8, 4) is 5.75 Å². The van der Waals surface area contributed by atoms with Crippen LogP contribution >= 0.6 is 0 Å². The number of ether oxygens (including phenoxy) is 2. The van der Waals surface area contributed by atoms with Crippen LogP contribution in [0.5, 0.6) is 5.75 Å². The minimum absolute atomic E-state index is 0.00620. The molecular weight excluding hydrogens is 204 g/mol. The summed E-state index contributed by atoms with van der Waals surface area (Å²) >= 11 is 0. The lowest BCUT2D eigenvalue weighted by molar-refractivity contribution is -0.180. The summed E-state index contributed by atoms with van der Waals surface area (Å²) in [4.78, 5) is 0. The van der Waals surface area contributed by atoms with Crippen LogP contribution in [0.3, 0.4) is 0 Å². The molecule has 0 aromatic heterocycles. The van der Waals surface area contributed by atoms with Gasteiger partial charge in [-0.1, -0.05) is 6.92 Å². The first-order chi connectivity index (χ1) is 7.55. The molecule has 0 aliphatic carbocycles. The van der Waals surface area contributed by atoms with Gasteiger partial charge in [-0.25, -0.2) is 0 Å². The minimum atomic E-state index is -0.606. The van der Waals surface area contributed by atoms with Gasteiger partial charge in [-0.15, -0.1) is 0 Å². The summed E-state index contributed by atoms with van der Waals surface area (Å²) in [5, 5.41) is 9.36. The molecule has 1 aromatic rings. The molecule has 1 heterocycles. The predicted octanol–water partition coefficient (Wildman–Crippen LogP) is 2.39. The number of aliphatic hydroxyl groups excluding tert-OH is 1. The molecule has 1 aromatic carbocycles. The maximum Gasteiger partial charge on any atom is 0.205 e. The zero-order chi connectivity index (χ0) is 11.8. The van der Waals surface area contributed by atoms with Gasteiger partial charge in [0.1, 0.15) is 5.75 Å². The van der Waals surface area contributed by atoms with Gasteiger partial charge in [-0.3, -0.25) is 0 Å². The van der Waals surface area contributed by atoms with Crippen LogP contribution in [0.15, 0.2) is 12.1 Å². The third-order valence-corrected chi connectivity index (χ3v) is 2.80. The second-order valence-corrected chi connectivity index (χ2v) is 4.55. The van der Waals surface area contributed by atoms with Crippen molar-refractivity contribution >= 4 is 0 Å². The molecule has 0 fully saturated rings. The summed E-state index contributed by atoms with van der Waals surface area (Å²) in [6, 6.07) is 4.09. The molecule has 0 atom stereocenters. The number of rotatable bonds is 2. The Bertz CT molecular complexity index is 379. The Balaban J connectivity index is 2.46. The Kier molecular flexibility index (Phi) is 2.91. The average Bonchev–Trinajstić information content (AvgIpc) is 2.26. The van der Waals surface area contributed by atoms with Crippen LogP contribution in [0, 0.1) is 0 Å². The minimum Gasteiger partial charge on any atom is -0.462 e. The fraction of sp³-hybridized carbons (Fsp3) is 0.538. The maximum atomic E-state index is 9.36. The van der Waals surface area contributed by atoms with E-state index >= 15 is 0 Å². The highest BCUT2D eigenvalue weighted by molar-refractivity contribution is 5.45. The Morgan fingerprint density at radius 1 is 1.38 bits per heavy atom. The van der Waals surface area contributed by atoms with Crippen LogP contribution in [0.4, 0.5) is 0 Å². The Morgan fingerprint density at radius 3 is 2.75 bits per heavy atom. The first-order valence-corrected chi connectivity index (χ1v) is 5.64. The van der Waals surface area contributed by atoms with Crippen LogP contribution in [0.1, 0.15) is 37.5 Å². The standard InChI is InChI=1S/C13H18O3/c1-4-9-5-10(7-14)12-11(6-9)8-15-13(2,3)16-12/h5-6,14H,4,7-8H2,1-3H3. The van der Waals surface area contributed by atoms with Gasteiger partial charge in [-0.05, 0) is 24.1 Å². The van der Waals surface area contributed by atoms with Gasteiger partial charge >= 0.3 is 0 Å². The summed E-state index contributed by atoms with van der Waals surface area (Å²) < 4.78 is 11.3. The Hall–Kier alpha value is -1.06. The molecule has 3 heteroatoms. The van der Waals surface area contributed by atoms with Crippen LogP contribution < -0.4 is 4.74 Å². The van der Waals surface area contributed by atoms with E-state index in [1.165, 1.54) is 5.56 Å². The zero-order valence-corrected chi connectivity index (χ0v) is 10.0. The van der Waals surface area contributed by atoms with Crippen molar-refractivity contribution in [3.05, 3.63) is 28.8 Å². The second-order valence-electron chi connectivity index (χ2n) is 4.55. The summed E-state index contributed by atoms with van der Waals surface area (Å²) in [5.41, 5.74) is 3.09. The van der Waals surface area contributed by atoms with Crippen molar-refractivity contribution in [2.75, 3.05) is 0 Å². The largest absolute Gasteiger partial charge is 0.462 e. The van der Waals surface area contributed by atoms with Crippen molar-refractivity contribution < 1.29 is 14.6 Å². The molecule has 1 aliphatic rings. The van der Waals surface area contributed by atoms with E-state index in [1.807, 2.05) is 19.9 Å². The molecule has 1 aliphatic heterocycles. The molecule has 0 spiro atoms. The molecule has 0 unspecified atom stereocenters. The SMILES string of the molecule is CCc1cc(CO)c2c(c1)COC(C)(C)O2. The highest BCUT2D eigenvalue weighted by Crippen LogP contribution is 2.35. The van der Waals surface area contributed by atoms with Gasteiger partial charge in [0.25, 0.3) is 0 Å². The fourth-order valence-electron chi connectivity index (χ4n) is 1.91. The van der Waals surface area contributed by atoms with Crippen LogP contribution in [0.2, 0.25) is 0 Å². The van der Waals surface area contributed by atoms with Gasteiger partial charge < -0.3 is 14.6 Å². The molecule has 0 radical (unpaired) electrons. The van der Waals surface area contributed by atoms with Gasteiger partial charge in [0.05, 0.1) is 13.2 Å². The van der Waals surface area contributed by atoms with Crippen molar-refractivity contribution in [2.45, 2.75) is 46.2 Å². The van der Waals surface area contributed by atoms with E-state index in [0.29, 0.717) is 6.61 Å². The van der Waals surface area contributed by atoms with Crippen molar-refractivity contribution in [2.24, 2.45) is 0 Å². The first-order valence-electron chi connectivity index (χ1n) is 5.64. The van der Waals surface area contributed by atoms with Crippen molar-refractivity contribution in [1.29, 1.82) is 0 Å². The normalized spacial score (nSPS) is 17.8. The zero-order valence-electron chi connectivity index (χ0n) is 10.0. The number of aryl methyl sites for hydroxylation is 1. The molecule has 16 heavy (non-hydrogen) atoms. The summed E-state index contributed by atoms with van der Waals surface area (Å²) in [7, 11) is 0. The van der Waals surface area contributed by atoms with E-state index in [0.717, 1.165) is 23.3 Å². The molecule has 1 N–H and O–H groups in total. The van der Waals surface area contributed by atoms with E-state index in [2.05, 4.69) is 13.0 Å². The molecule has 0 saturated heterocycles. The lowest BCUT2D eigenvalue weighted by Crippen LogP contribution is -2.35. The summed E-state index contributed by atoms with van der Waals surface area (Å²) in [5.74, 6) is 0.181. The number of benzene rings is 1. The topological polar surface area (TPSA) is 38.7 Å². The number of hydrogen-bond acceptors (Lipinski definition) is 3. The van der Waals surface area contributed by atoms with E-state index in [-0.39, 0.29) is 6.61 Å². The highest BCUT2D eigenvalue weighted by Gasteiger charge is 2.29. The second kappa shape index (κ2) is 4.07. The predicted molar refractivity (Wildman–Crippen MR) is 61.2 cm³/mol. The van der Waals surface area contributed by atoms with Crippen LogP contribution in [-0.2, 0) is 24.4 Å². The van der Waals surface area contributed by atoms with Gasteiger partial charge in [0, 0.05) is 25.0 Å². The number of fused-ring (bicyclic) bond motifs is 1. The lowest BCUT2D eigenvalue weighted by atomic mass is 10.0. The highest BCUT2D eigenvalue weighted by atomic mass is 16.7. The van der Waals surface area contributed by atoms with E-state index < -0.39 is 5.79 Å². The molecule has 0 saturated carbocycles. The maximum absolute atomic E-state index is 9.36. The Morgan fingerprint density at radius 2 is 2.12 bits per heavy atom. The lowest BCUT2D eigenvalue weighted by Gasteiger charge is -2.34. The number of hydrogen-bond donors (Lipinski definition) is 1. The molecular formula is C13H18O3. The van der Waals surface area contributed by atoms with E-state index in [9.17, 15) is 5.11 Å². The van der Waals surface area contributed by atoms with Gasteiger partial charge in [0.2, 0.25) is 5.79 Å². The average molecular weight is 222 g/mol. The van der Waals surface area contributed by atoms with Gasteiger partial charge in [0.15, 0.2) is 0 Å². The fourth-order valence-corrected chi connectivity index (χ4v) is 1.91. The molecule has 88 valence electrons. The Labute approximate surface area is 96.0 Å². The van der Waals surface area contributed by atoms with Crippen molar-refractivity contribution in [3.63, 3.8) is 0 Å². The summed E-state index contributed by atoms with van der Waals surface area (Å²) in [6.45, 7) is 6.41. The van der Waals surface area contributed by atoms with Crippen LogP contribution in [0.25, 0.3) is 0 Å². The third kappa shape index (κ3) is 2.06. The molecule has 2 rings (SSSR count). The first kappa shape index (κ1) is 11.4. The van der Waals surface area contributed by atoms with Gasteiger partial charge in [-0.2, -0.15) is 0 Å². The van der Waals surface area contributed by atoms with E-state index in [1.54, 1.807) is 0 Å². The van der Waals surface area contributed by atoms with E-state index in [4.69, 9.17) is 9.47 Å².